The maximum Gasteiger partial charge on any atom is 0.321 e. The van der Waals surface area contributed by atoms with Crippen LogP contribution in [0.15, 0.2) is 17.5 Å². The molecule has 0 aliphatic rings. The van der Waals surface area contributed by atoms with Gasteiger partial charge >= 0.3 is 6.03 Å². The maximum atomic E-state index is 12.1. The Kier molecular flexibility index (Phi) is 6.29. The molecule has 0 aromatic carbocycles. The zero-order valence-corrected chi connectivity index (χ0v) is 14.2. The highest BCUT2D eigenvalue weighted by Crippen LogP contribution is 2.22. The fourth-order valence-electron chi connectivity index (χ4n) is 1.93. The highest BCUT2D eigenvalue weighted by Gasteiger charge is 2.16. The van der Waals surface area contributed by atoms with Crippen molar-refractivity contribution in [2.45, 2.75) is 32.7 Å². The maximum absolute atomic E-state index is 12.1. The van der Waals surface area contributed by atoms with Gasteiger partial charge in [0, 0.05) is 17.9 Å². The number of urea groups is 1. The summed E-state index contributed by atoms with van der Waals surface area (Å²) in [6.07, 6.45) is 1.33. The number of aliphatic hydroxyl groups excluding tert-OH is 1. The predicted molar refractivity (Wildman–Crippen MR) is 89.4 cm³/mol. The van der Waals surface area contributed by atoms with Crippen LogP contribution in [0.4, 0.5) is 9.93 Å². The molecule has 8 heteroatoms. The van der Waals surface area contributed by atoms with Crippen LogP contribution in [0.2, 0.25) is 0 Å². The van der Waals surface area contributed by atoms with Gasteiger partial charge in [0.1, 0.15) is 5.01 Å². The van der Waals surface area contributed by atoms with Crippen LogP contribution < -0.4 is 10.6 Å². The number of carbonyl (C=O) groups excluding carboxylic acids is 1. The number of rotatable bonds is 7. The van der Waals surface area contributed by atoms with Gasteiger partial charge in [0.15, 0.2) is 0 Å². The average Bonchev–Trinajstić information content (AvgIpc) is 3.09. The SMILES string of the molecule is CC(C)Cc1nnc(NC(=O)N[C@H](CCO)c2cccs2)s1. The second kappa shape index (κ2) is 8.21. The molecule has 0 unspecified atom stereocenters. The van der Waals surface area contributed by atoms with Crippen LogP contribution in [-0.2, 0) is 6.42 Å². The molecular formula is C14H20N4O2S2. The predicted octanol–water partition coefficient (Wildman–Crippen LogP) is 3.04. The number of thiophene rings is 1. The molecule has 0 aliphatic carbocycles. The van der Waals surface area contributed by atoms with E-state index in [1.54, 1.807) is 11.3 Å². The molecule has 2 heterocycles. The number of hydrogen-bond donors (Lipinski definition) is 3. The van der Waals surface area contributed by atoms with Crippen LogP contribution in [0.1, 0.15) is 36.2 Å². The minimum Gasteiger partial charge on any atom is -0.396 e. The molecule has 3 N–H and O–H groups in total. The molecule has 0 fully saturated rings. The van der Waals surface area contributed by atoms with E-state index in [1.165, 1.54) is 11.3 Å². The van der Waals surface area contributed by atoms with Crippen molar-refractivity contribution in [1.82, 2.24) is 15.5 Å². The van der Waals surface area contributed by atoms with Crippen LogP contribution >= 0.6 is 22.7 Å². The minimum atomic E-state index is -0.334. The van der Waals surface area contributed by atoms with E-state index in [-0.39, 0.29) is 18.7 Å². The van der Waals surface area contributed by atoms with Gasteiger partial charge in [-0.2, -0.15) is 0 Å². The van der Waals surface area contributed by atoms with Crippen LogP contribution in [0.5, 0.6) is 0 Å². The second-order valence-corrected chi connectivity index (χ2v) is 7.32. The van der Waals surface area contributed by atoms with Crippen molar-refractivity contribution in [3.8, 4) is 0 Å². The molecule has 0 spiro atoms. The molecule has 22 heavy (non-hydrogen) atoms. The number of anilines is 1. The first kappa shape index (κ1) is 16.9. The lowest BCUT2D eigenvalue weighted by Crippen LogP contribution is -2.32. The van der Waals surface area contributed by atoms with Crippen LogP contribution in [0.25, 0.3) is 0 Å². The first-order valence-electron chi connectivity index (χ1n) is 7.12. The van der Waals surface area contributed by atoms with E-state index in [9.17, 15) is 4.79 Å². The highest BCUT2D eigenvalue weighted by atomic mass is 32.1. The topological polar surface area (TPSA) is 87.1 Å². The lowest BCUT2D eigenvalue weighted by atomic mass is 10.1. The summed E-state index contributed by atoms with van der Waals surface area (Å²) in [5.41, 5.74) is 0. The summed E-state index contributed by atoms with van der Waals surface area (Å²) in [6, 6.07) is 3.33. The number of nitrogens with one attached hydrogen (secondary N) is 2. The smallest absolute Gasteiger partial charge is 0.321 e. The third-order valence-electron chi connectivity index (χ3n) is 2.88. The zero-order chi connectivity index (χ0) is 15.9. The van der Waals surface area contributed by atoms with Gasteiger partial charge in [-0.05, 0) is 23.8 Å². The Bertz CT molecular complexity index is 583. The Morgan fingerprint density at radius 1 is 1.41 bits per heavy atom. The van der Waals surface area contributed by atoms with Crippen molar-refractivity contribution >= 4 is 33.8 Å². The largest absolute Gasteiger partial charge is 0.396 e. The van der Waals surface area contributed by atoms with E-state index in [1.807, 2.05) is 17.5 Å². The molecule has 0 saturated carbocycles. The normalized spacial score (nSPS) is 12.4. The summed E-state index contributed by atoms with van der Waals surface area (Å²) in [7, 11) is 0. The lowest BCUT2D eigenvalue weighted by molar-refractivity contribution is 0.239. The minimum absolute atomic E-state index is 0.0141. The molecule has 2 amide bonds. The third-order valence-corrected chi connectivity index (χ3v) is 4.73. The summed E-state index contributed by atoms with van der Waals surface area (Å²) in [6.45, 7) is 4.24. The Morgan fingerprint density at radius 3 is 2.86 bits per heavy atom. The first-order valence-corrected chi connectivity index (χ1v) is 8.82. The van der Waals surface area contributed by atoms with Gasteiger partial charge in [0.2, 0.25) is 5.13 Å². The second-order valence-electron chi connectivity index (χ2n) is 5.28. The lowest BCUT2D eigenvalue weighted by Gasteiger charge is -2.16. The number of amides is 2. The van der Waals surface area contributed by atoms with Gasteiger partial charge in [-0.15, -0.1) is 21.5 Å². The summed E-state index contributed by atoms with van der Waals surface area (Å²) < 4.78 is 0. The van der Waals surface area contributed by atoms with Gasteiger partial charge in [-0.25, -0.2) is 4.79 Å². The molecule has 120 valence electrons. The van der Waals surface area contributed by atoms with Crippen molar-refractivity contribution in [3.05, 3.63) is 27.4 Å². The van der Waals surface area contributed by atoms with Crippen molar-refractivity contribution in [3.63, 3.8) is 0 Å². The fraction of sp³-hybridized carbons (Fsp3) is 0.500. The molecule has 0 bridgehead atoms. The summed E-state index contributed by atoms with van der Waals surface area (Å²) in [5, 5.41) is 26.1. The van der Waals surface area contributed by atoms with E-state index in [0.29, 0.717) is 17.5 Å². The van der Waals surface area contributed by atoms with Crippen LogP contribution in [0.3, 0.4) is 0 Å². The Balaban J connectivity index is 1.92. The first-order chi connectivity index (χ1) is 10.6. The van der Waals surface area contributed by atoms with Gasteiger partial charge in [-0.3, -0.25) is 5.32 Å². The molecule has 2 aromatic rings. The number of nitrogens with zero attached hydrogens (tertiary/aromatic N) is 2. The van der Waals surface area contributed by atoms with E-state index < -0.39 is 0 Å². The van der Waals surface area contributed by atoms with Gasteiger partial charge in [-0.1, -0.05) is 31.3 Å². The summed E-state index contributed by atoms with van der Waals surface area (Å²) in [5.74, 6) is 0.502. The molecule has 0 radical (unpaired) electrons. The molecule has 1 atom stereocenters. The van der Waals surface area contributed by atoms with E-state index in [4.69, 9.17) is 5.11 Å². The average molecular weight is 340 g/mol. The summed E-state index contributed by atoms with van der Waals surface area (Å²) in [4.78, 5) is 13.1. The van der Waals surface area contributed by atoms with Crippen molar-refractivity contribution in [2.24, 2.45) is 5.92 Å². The van der Waals surface area contributed by atoms with Gasteiger partial charge in [0.25, 0.3) is 0 Å². The van der Waals surface area contributed by atoms with E-state index in [0.717, 1.165) is 16.3 Å². The third kappa shape index (κ3) is 5.04. The fourth-order valence-corrected chi connectivity index (χ4v) is 3.69. The summed E-state index contributed by atoms with van der Waals surface area (Å²) >= 11 is 2.94. The van der Waals surface area contributed by atoms with Crippen LogP contribution in [-0.4, -0.2) is 27.9 Å². The Labute approximate surface area is 137 Å². The molecule has 0 saturated heterocycles. The van der Waals surface area contributed by atoms with E-state index in [2.05, 4.69) is 34.7 Å². The van der Waals surface area contributed by atoms with Gasteiger partial charge in [0.05, 0.1) is 6.04 Å². The van der Waals surface area contributed by atoms with Crippen molar-refractivity contribution in [1.29, 1.82) is 0 Å². The quantitative estimate of drug-likeness (QED) is 0.723. The van der Waals surface area contributed by atoms with Crippen molar-refractivity contribution < 1.29 is 9.90 Å². The number of carbonyl (C=O) groups is 1. The van der Waals surface area contributed by atoms with Crippen molar-refractivity contribution in [2.75, 3.05) is 11.9 Å². The molecular weight excluding hydrogens is 320 g/mol. The zero-order valence-electron chi connectivity index (χ0n) is 12.6. The molecule has 2 rings (SSSR count). The molecule has 0 aliphatic heterocycles. The number of aromatic nitrogens is 2. The highest BCUT2D eigenvalue weighted by molar-refractivity contribution is 7.15. The Hall–Kier alpha value is -1.51. The number of aliphatic hydroxyl groups is 1. The monoisotopic (exact) mass is 340 g/mol. The number of hydrogen-bond acceptors (Lipinski definition) is 6. The Morgan fingerprint density at radius 2 is 2.23 bits per heavy atom. The molecule has 2 aromatic heterocycles. The standard InChI is InChI=1S/C14H20N4O2S2/c1-9(2)8-12-17-18-14(22-12)16-13(20)15-10(5-6-19)11-4-3-7-21-11/h3-4,7,9-10,19H,5-6,8H2,1-2H3,(H2,15,16,18,20)/t10-/m1/s1. The van der Waals surface area contributed by atoms with E-state index >= 15 is 0 Å². The van der Waals surface area contributed by atoms with Gasteiger partial charge < -0.3 is 10.4 Å². The van der Waals surface area contributed by atoms with Crippen LogP contribution in [0, 0.1) is 5.92 Å². The molecule has 6 nitrogen and oxygen atoms in total.